The molecule has 0 saturated carbocycles. The fraction of sp³-hybridized carbons (Fsp3) is 0.393. The molecule has 2 aromatic carbocycles. The Kier molecular flexibility index (Phi) is 9.08. The van der Waals surface area contributed by atoms with E-state index in [2.05, 4.69) is 23.6 Å². The molecular formula is C28H35N3O4. The number of benzene rings is 2. The van der Waals surface area contributed by atoms with E-state index in [0.29, 0.717) is 32.1 Å². The van der Waals surface area contributed by atoms with E-state index >= 15 is 0 Å². The standard InChI is InChI=1S/C28H35N3O4/c1-3-16-33-21-23(32)18-31(19-25-15-10-17-34-25)20-26-27(22-11-6-4-7-12-22)29-30(2)28(26)35-24-13-8-5-9-14-24/h3-9,11-14,23,25,32H,1,10,15-21H2,2H3/t23-,25-/m0/s1. The average molecular weight is 478 g/mol. The molecular weight excluding hydrogens is 442 g/mol. The molecule has 3 aromatic rings. The lowest BCUT2D eigenvalue weighted by atomic mass is 10.1. The Hall–Kier alpha value is -2.97. The number of aliphatic hydroxyl groups excluding tert-OH is 1. The van der Waals surface area contributed by atoms with E-state index in [1.54, 1.807) is 10.8 Å². The molecule has 0 spiro atoms. The molecule has 0 radical (unpaired) electrons. The van der Waals surface area contributed by atoms with E-state index in [1.165, 1.54) is 0 Å². The number of para-hydroxylation sites is 1. The van der Waals surface area contributed by atoms with Crippen molar-refractivity contribution in [1.82, 2.24) is 14.7 Å². The lowest BCUT2D eigenvalue weighted by molar-refractivity contribution is 0.00845. The fourth-order valence-electron chi connectivity index (χ4n) is 4.39. The number of nitrogens with zero attached hydrogens (tertiary/aromatic N) is 3. The fourth-order valence-corrected chi connectivity index (χ4v) is 4.39. The summed E-state index contributed by atoms with van der Waals surface area (Å²) in [4.78, 5) is 2.22. The second-order valence-corrected chi connectivity index (χ2v) is 8.85. The molecule has 0 aliphatic carbocycles. The first-order valence-electron chi connectivity index (χ1n) is 12.2. The third-order valence-corrected chi connectivity index (χ3v) is 5.98. The van der Waals surface area contributed by atoms with Crippen LogP contribution in [0.1, 0.15) is 18.4 Å². The molecule has 0 unspecified atom stereocenters. The number of aryl methyl sites for hydroxylation is 1. The van der Waals surface area contributed by atoms with E-state index in [1.807, 2.05) is 55.6 Å². The molecule has 1 saturated heterocycles. The Balaban J connectivity index is 1.64. The van der Waals surface area contributed by atoms with Crippen LogP contribution in [0, 0.1) is 0 Å². The van der Waals surface area contributed by atoms with Crippen LogP contribution in [0.4, 0.5) is 0 Å². The Labute approximate surface area is 207 Å². The highest BCUT2D eigenvalue weighted by atomic mass is 16.5. The number of hydrogen-bond acceptors (Lipinski definition) is 6. The van der Waals surface area contributed by atoms with Crippen molar-refractivity contribution < 1.29 is 19.3 Å². The van der Waals surface area contributed by atoms with Gasteiger partial charge >= 0.3 is 0 Å². The predicted molar refractivity (Wildman–Crippen MR) is 136 cm³/mol. The van der Waals surface area contributed by atoms with Gasteiger partial charge in [0.15, 0.2) is 0 Å². The van der Waals surface area contributed by atoms with Crippen molar-refractivity contribution in [3.8, 4) is 22.9 Å². The number of aliphatic hydroxyl groups is 1. The molecule has 4 rings (SSSR count). The third-order valence-electron chi connectivity index (χ3n) is 5.98. The Morgan fingerprint density at radius 1 is 1.20 bits per heavy atom. The van der Waals surface area contributed by atoms with Gasteiger partial charge in [0.1, 0.15) is 11.4 Å². The zero-order valence-corrected chi connectivity index (χ0v) is 20.4. The van der Waals surface area contributed by atoms with Gasteiger partial charge in [0.25, 0.3) is 0 Å². The van der Waals surface area contributed by atoms with Crippen molar-refractivity contribution in [3.63, 3.8) is 0 Å². The SMILES string of the molecule is C=CCOC[C@@H](O)CN(Cc1c(-c2ccccc2)nn(C)c1Oc1ccccc1)C[C@@H]1CCCO1. The van der Waals surface area contributed by atoms with Crippen molar-refractivity contribution in [2.24, 2.45) is 7.05 Å². The van der Waals surface area contributed by atoms with Gasteiger partial charge in [0.05, 0.1) is 31.0 Å². The highest BCUT2D eigenvalue weighted by Gasteiger charge is 2.26. The summed E-state index contributed by atoms with van der Waals surface area (Å²) in [7, 11) is 1.90. The molecule has 2 atom stereocenters. The highest BCUT2D eigenvalue weighted by Crippen LogP contribution is 2.34. The number of rotatable bonds is 13. The zero-order valence-electron chi connectivity index (χ0n) is 20.4. The van der Waals surface area contributed by atoms with Crippen LogP contribution in [0.25, 0.3) is 11.3 Å². The van der Waals surface area contributed by atoms with Gasteiger partial charge in [0.2, 0.25) is 5.88 Å². The second kappa shape index (κ2) is 12.7. The molecule has 186 valence electrons. The van der Waals surface area contributed by atoms with Crippen LogP contribution in [0.2, 0.25) is 0 Å². The van der Waals surface area contributed by atoms with Crippen LogP contribution in [0.3, 0.4) is 0 Å². The Bertz CT molecular complexity index is 1050. The quantitative estimate of drug-likeness (QED) is 0.290. The topological polar surface area (TPSA) is 69.0 Å². The van der Waals surface area contributed by atoms with Crippen LogP contribution in [0.15, 0.2) is 73.3 Å². The highest BCUT2D eigenvalue weighted by molar-refractivity contribution is 5.65. The van der Waals surface area contributed by atoms with Gasteiger partial charge in [0, 0.05) is 38.9 Å². The second-order valence-electron chi connectivity index (χ2n) is 8.85. The first kappa shape index (κ1) is 25.1. The molecule has 2 heterocycles. The molecule has 7 nitrogen and oxygen atoms in total. The molecule has 0 bridgehead atoms. The summed E-state index contributed by atoms with van der Waals surface area (Å²) >= 11 is 0. The lowest BCUT2D eigenvalue weighted by Gasteiger charge is -2.27. The van der Waals surface area contributed by atoms with E-state index in [9.17, 15) is 5.11 Å². The smallest absolute Gasteiger partial charge is 0.222 e. The minimum absolute atomic E-state index is 0.145. The molecule has 35 heavy (non-hydrogen) atoms. The summed E-state index contributed by atoms with van der Waals surface area (Å²) < 4.78 is 19.6. The van der Waals surface area contributed by atoms with Gasteiger partial charge in [-0.15, -0.1) is 6.58 Å². The van der Waals surface area contributed by atoms with Crippen molar-refractivity contribution in [1.29, 1.82) is 0 Å². The van der Waals surface area contributed by atoms with Gasteiger partial charge in [-0.1, -0.05) is 54.6 Å². The van der Waals surface area contributed by atoms with E-state index < -0.39 is 6.10 Å². The summed E-state index contributed by atoms with van der Waals surface area (Å²) in [5.74, 6) is 1.43. The van der Waals surface area contributed by atoms with Gasteiger partial charge in [-0.3, -0.25) is 4.90 Å². The van der Waals surface area contributed by atoms with E-state index in [0.717, 1.165) is 42.0 Å². The minimum atomic E-state index is -0.633. The first-order valence-corrected chi connectivity index (χ1v) is 12.2. The van der Waals surface area contributed by atoms with Crippen molar-refractivity contribution >= 4 is 0 Å². The summed E-state index contributed by atoms with van der Waals surface area (Å²) in [6.07, 6.45) is 3.28. The summed E-state index contributed by atoms with van der Waals surface area (Å²) in [6.45, 7) is 6.84. The summed E-state index contributed by atoms with van der Waals surface area (Å²) in [6, 6.07) is 19.9. The predicted octanol–water partition coefficient (Wildman–Crippen LogP) is 4.42. The summed E-state index contributed by atoms with van der Waals surface area (Å²) in [5.41, 5.74) is 2.86. The maximum atomic E-state index is 10.7. The third kappa shape index (κ3) is 7.02. The molecule has 1 aliphatic heterocycles. The molecule has 7 heteroatoms. The Morgan fingerprint density at radius 3 is 2.63 bits per heavy atom. The normalized spacial score (nSPS) is 16.5. The minimum Gasteiger partial charge on any atom is -0.439 e. The molecule has 0 amide bonds. The maximum absolute atomic E-state index is 10.7. The maximum Gasteiger partial charge on any atom is 0.222 e. The van der Waals surface area contributed by atoms with Crippen LogP contribution in [-0.4, -0.2) is 64.9 Å². The van der Waals surface area contributed by atoms with Crippen molar-refractivity contribution in [2.75, 3.05) is 32.9 Å². The zero-order chi connectivity index (χ0) is 24.5. The van der Waals surface area contributed by atoms with Gasteiger partial charge in [-0.05, 0) is 25.0 Å². The average Bonchev–Trinajstić information content (AvgIpc) is 3.49. The van der Waals surface area contributed by atoms with Gasteiger partial charge < -0.3 is 19.3 Å². The van der Waals surface area contributed by atoms with Crippen LogP contribution in [0.5, 0.6) is 11.6 Å². The monoisotopic (exact) mass is 477 g/mol. The molecule has 1 fully saturated rings. The molecule has 1 aliphatic rings. The van der Waals surface area contributed by atoms with E-state index in [-0.39, 0.29) is 12.7 Å². The van der Waals surface area contributed by atoms with Crippen LogP contribution in [-0.2, 0) is 23.1 Å². The number of aromatic nitrogens is 2. The lowest BCUT2D eigenvalue weighted by Crippen LogP contribution is -2.39. The van der Waals surface area contributed by atoms with Crippen molar-refractivity contribution in [3.05, 3.63) is 78.9 Å². The molecule has 1 N–H and O–H groups in total. The van der Waals surface area contributed by atoms with Gasteiger partial charge in [-0.2, -0.15) is 5.10 Å². The van der Waals surface area contributed by atoms with Crippen LogP contribution < -0.4 is 4.74 Å². The summed E-state index contributed by atoms with van der Waals surface area (Å²) in [5, 5.41) is 15.5. The number of hydrogen-bond donors (Lipinski definition) is 1. The van der Waals surface area contributed by atoms with Crippen molar-refractivity contribution in [2.45, 2.75) is 31.6 Å². The first-order chi connectivity index (χ1) is 17.1. The largest absolute Gasteiger partial charge is 0.439 e. The van der Waals surface area contributed by atoms with Gasteiger partial charge in [-0.25, -0.2) is 4.68 Å². The number of ether oxygens (including phenoxy) is 3. The molecule has 1 aromatic heterocycles. The Morgan fingerprint density at radius 2 is 1.94 bits per heavy atom. The van der Waals surface area contributed by atoms with Crippen LogP contribution >= 0.6 is 0 Å². The van der Waals surface area contributed by atoms with E-state index in [4.69, 9.17) is 19.3 Å².